The van der Waals surface area contributed by atoms with Crippen LogP contribution < -0.4 is 9.80 Å². The molecule has 2 aliphatic heterocycles. The Balaban J connectivity index is 1.25. The Labute approximate surface area is 166 Å². The van der Waals surface area contributed by atoms with Crippen molar-refractivity contribution in [3.63, 3.8) is 0 Å². The SMILES string of the molecule is c1ccc2c(CN3CCN(c4cc(N5CCCC5)ncn4)CC3)cccc2c1. The van der Waals surface area contributed by atoms with E-state index in [-0.39, 0.29) is 0 Å². The Hall–Kier alpha value is -2.66. The minimum atomic E-state index is 1.01. The number of hydrogen-bond acceptors (Lipinski definition) is 5. The molecule has 0 bridgehead atoms. The number of rotatable bonds is 4. The molecule has 5 heteroatoms. The predicted octanol–water partition coefficient (Wildman–Crippen LogP) is 3.55. The maximum atomic E-state index is 4.55. The van der Waals surface area contributed by atoms with Crippen LogP contribution in [0.3, 0.4) is 0 Å². The molecule has 0 aliphatic carbocycles. The summed E-state index contributed by atoms with van der Waals surface area (Å²) in [6.45, 7) is 7.41. The first-order chi connectivity index (χ1) is 13.9. The van der Waals surface area contributed by atoms with E-state index in [0.29, 0.717) is 0 Å². The zero-order valence-corrected chi connectivity index (χ0v) is 16.3. The molecule has 2 aliphatic rings. The number of benzene rings is 2. The summed E-state index contributed by atoms with van der Waals surface area (Å²) in [5.41, 5.74) is 1.42. The molecule has 0 spiro atoms. The van der Waals surface area contributed by atoms with Crippen LogP contribution in [0, 0.1) is 0 Å². The highest BCUT2D eigenvalue weighted by Gasteiger charge is 2.20. The molecule has 3 heterocycles. The Kier molecular flexibility index (Phi) is 4.83. The summed E-state index contributed by atoms with van der Waals surface area (Å²) in [6.07, 6.45) is 4.27. The summed E-state index contributed by atoms with van der Waals surface area (Å²) in [5.74, 6) is 2.15. The van der Waals surface area contributed by atoms with Gasteiger partial charge in [-0.3, -0.25) is 4.90 Å². The average Bonchev–Trinajstić information content (AvgIpc) is 3.30. The lowest BCUT2D eigenvalue weighted by atomic mass is 10.0. The van der Waals surface area contributed by atoms with Crippen LogP contribution in [-0.2, 0) is 6.54 Å². The minimum absolute atomic E-state index is 1.01. The Morgan fingerprint density at radius 3 is 2.18 bits per heavy atom. The van der Waals surface area contributed by atoms with Crippen LogP contribution in [0.25, 0.3) is 10.8 Å². The molecule has 5 nitrogen and oxygen atoms in total. The Morgan fingerprint density at radius 1 is 0.714 bits per heavy atom. The van der Waals surface area contributed by atoms with Crippen LogP contribution in [0.4, 0.5) is 11.6 Å². The van der Waals surface area contributed by atoms with Gasteiger partial charge in [-0.1, -0.05) is 42.5 Å². The second kappa shape index (κ2) is 7.76. The van der Waals surface area contributed by atoms with E-state index in [1.54, 1.807) is 6.33 Å². The highest BCUT2D eigenvalue weighted by Crippen LogP contribution is 2.24. The molecule has 0 N–H and O–H groups in total. The first-order valence-corrected chi connectivity index (χ1v) is 10.4. The van der Waals surface area contributed by atoms with Crippen LogP contribution in [0.2, 0.25) is 0 Å². The van der Waals surface area contributed by atoms with Crippen molar-refractivity contribution in [3.05, 3.63) is 60.4 Å². The fraction of sp³-hybridized carbons (Fsp3) is 0.391. The molecule has 2 aromatic carbocycles. The van der Waals surface area contributed by atoms with Gasteiger partial charge in [0.15, 0.2) is 0 Å². The van der Waals surface area contributed by atoms with E-state index in [2.05, 4.69) is 73.2 Å². The van der Waals surface area contributed by atoms with E-state index in [1.807, 2.05) is 0 Å². The van der Waals surface area contributed by atoms with Gasteiger partial charge in [-0.15, -0.1) is 0 Å². The molecule has 0 unspecified atom stereocenters. The van der Waals surface area contributed by atoms with E-state index in [0.717, 1.165) is 57.4 Å². The van der Waals surface area contributed by atoms with Crippen LogP contribution in [-0.4, -0.2) is 54.1 Å². The molecular formula is C23H27N5. The standard InChI is InChI=1S/C23H27N5/c1-2-9-21-19(6-1)7-5-8-20(21)17-26-12-14-28(15-13-26)23-16-22(24-18-25-23)27-10-3-4-11-27/h1-2,5-9,16,18H,3-4,10-15,17H2. The maximum Gasteiger partial charge on any atom is 0.134 e. The van der Waals surface area contributed by atoms with Gasteiger partial charge in [0.05, 0.1) is 0 Å². The van der Waals surface area contributed by atoms with Crippen LogP contribution in [0.5, 0.6) is 0 Å². The van der Waals surface area contributed by atoms with Gasteiger partial charge in [0.25, 0.3) is 0 Å². The molecule has 0 amide bonds. The molecular weight excluding hydrogens is 346 g/mol. The fourth-order valence-corrected chi connectivity index (χ4v) is 4.44. The van der Waals surface area contributed by atoms with Crippen molar-refractivity contribution in [1.29, 1.82) is 0 Å². The molecule has 5 rings (SSSR count). The van der Waals surface area contributed by atoms with E-state index in [9.17, 15) is 0 Å². The first kappa shape index (κ1) is 17.4. The number of aromatic nitrogens is 2. The van der Waals surface area contributed by atoms with Gasteiger partial charge < -0.3 is 9.80 Å². The number of hydrogen-bond donors (Lipinski definition) is 0. The second-order valence-corrected chi connectivity index (χ2v) is 7.83. The lowest BCUT2D eigenvalue weighted by Gasteiger charge is -2.35. The number of fused-ring (bicyclic) bond motifs is 1. The maximum absolute atomic E-state index is 4.55. The smallest absolute Gasteiger partial charge is 0.134 e. The van der Waals surface area contributed by atoms with Crippen molar-refractivity contribution in [2.24, 2.45) is 0 Å². The predicted molar refractivity (Wildman–Crippen MR) is 115 cm³/mol. The first-order valence-electron chi connectivity index (χ1n) is 10.4. The van der Waals surface area contributed by atoms with Crippen molar-refractivity contribution >= 4 is 22.4 Å². The normalized spacial score (nSPS) is 18.1. The minimum Gasteiger partial charge on any atom is -0.356 e. The molecule has 2 saturated heterocycles. The fourth-order valence-electron chi connectivity index (χ4n) is 4.44. The lowest BCUT2D eigenvalue weighted by Crippen LogP contribution is -2.46. The average molecular weight is 374 g/mol. The van der Waals surface area contributed by atoms with Crippen molar-refractivity contribution in [2.75, 3.05) is 49.1 Å². The molecule has 144 valence electrons. The third-order valence-corrected chi connectivity index (χ3v) is 6.04. The van der Waals surface area contributed by atoms with E-state index < -0.39 is 0 Å². The quantitative estimate of drug-likeness (QED) is 0.699. The van der Waals surface area contributed by atoms with Gasteiger partial charge in [0.1, 0.15) is 18.0 Å². The molecule has 0 radical (unpaired) electrons. The Bertz CT molecular complexity index is 937. The van der Waals surface area contributed by atoms with Crippen LogP contribution >= 0.6 is 0 Å². The molecule has 2 fully saturated rings. The molecule has 1 aromatic heterocycles. The number of nitrogens with zero attached hydrogens (tertiary/aromatic N) is 5. The van der Waals surface area contributed by atoms with E-state index in [1.165, 1.54) is 29.2 Å². The van der Waals surface area contributed by atoms with Gasteiger partial charge >= 0.3 is 0 Å². The second-order valence-electron chi connectivity index (χ2n) is 7.83. The highest BCUT2D eigenvalue weighted by molar-refractivity contribution is 5.85. The van der Waals surface area contributed by atoms with Crippen molar-refractivity contribution < 1.29 is 0 Å². The van der Waals surface area contributed by atoms with Crippen molar-refractivity contribution in [2.45, 2.75) is 19.4 Å². The summed E-state index contributed by atoms with van der Waals surface area (Å²) in [6, 6.07) is 17.5. The van der Waals surface area contributed by atoms with Gasteiger partial charge in [0, 0.05) is 51.9 Å². The lowest BCUT2D eigenvalue weighted by molar-refractivity contribution is 0.250. The highest BCUT2D eigenvalue weighted by atomic mass is 15.3. The van der Waals surface area contributed by atoms with E-state index in [4.69, 9.17) is 0 Å². The van der Waals surface area contributed by atoms with Gasteiger partial charge in [-0.25, -0.2) is 9.97 Å². The third kappa shape index (κ3) is 3.54. The van der Waals surface area contributed by atoms with Crippen molar-refractivity contribution in [3.8, 4) is 0 Å². The number of piperazine rings is 1. The van der Waals surface area contributed by atoms with Gasteiger partial charge in [-0.2, -0.15) is 0 Å². The summed E-state index contributed by atoms with van der Waals surface area (Å²) in [7, 11) is 0. The molecule has 0 atom stereocenters. The zero-order chi connectivity index (χ0) is 18.8. The Morgan fingerprint density at radius 2 is 1.39 bits per heavy atom. The van der Waals surface area contributed by atoms with Crippen molar-refractivity contribution in [1.82, 2.24) is 14.9 Å². The summed E-state index contributed by atoms with van der Waals surface area (Å²) in [4.78, 5) is 16.4. The molecule has 28 heavy (non-hydrogen) atoms. The van der Waals surface area contributed by atoms with Gasteiger partial charge in [-0.05, 0) is 29.2 Å². The van der Waals surface area contributed by atoms with Gasteiger partial charge in [0.2, 0.25) is 0 Å². The summed E-state index contributed by atoms with van der Waals surface area (Å²) >= 11 is 0. The molecule has 3 aromatic rings. The van der Waals surface area contributed by atoms with Crippen LogP contribution in [0.1, 0.15) is 18.4 Å². The molecule has 0 saturated carbocycles. The van der Waals surface area contributed by atoms with E-state index >= 15 is 0 Å². The largest absolute Gasteiger partial charge is 0.356 e. The monoisotopic (exact) mass is 373 g/mol. The topological polar surface area (TPSA) is 35.5 Å². The third-order valence-electron chi connectivity index (χ3n) is 6.04. The summed E-state index contributed by atoms with van der Waals surface area (Å²) in [5, 5.41) is 2.70. The zero-order valence-electron chi connectivity index (χ0n) is 16.3. The van der Waals surface area contributed by atoms with Crippen LogP contribution in [0.15, 0.2) is 54.9 Å². The number of anilines is 2. The summed E-state index contributed by atoms with van der Waals surface area (Å²) < 4.78 is 0.